The maximum Gasteiger partial charge on any atom is 0.416 e. The predicted molar refractivity (Wildman–Crippen MR) is 87.6 cm³/mol. The van der Waals surface area contributed by atoms with Crippen LogP contribution in [0.3, 0.4) is 0 Å². The quantitative estimate of drug-likeness (QED) is 0.703. The molecule has 1 N–H and O–H groups in total. The maximum atomic E-state index is 12.9. The smallest absolute Gasteiger partial charge is 0.374 e. The van der Waals surface area contributed by atoms with Gasteiger partial charge in [0.05, 0.1) is 11.6 Å². The van der Waals surface area contributed by atoms with Crippen molar-refractivity contribution in [2.24, 2.45) is 0 Å². The lowest BCUT2D eigenvalue weighted by atomic mass is 9.99. The lowest BCUT2D eigenvalue weighted by Gasteiger charge is -2.21. The molecule has 0 saturated carbocycles. The van der Waals surface area contributed by atoms with E-state index in [2.05, 4.69) is 10.3 Å². The summed E-state index contributed by atoms with van der Waals surface area (Å²) >= 11 is 0. The summed E-state index contributed by atoms with van der Waals surface area (Å²) in [6.45, 7) is 0. The predicted octanol–water partition coefficient (Wildman–Crippen LogP) is 5.30. The standard InChI is InChI=1S/C19H15F3N2/c20-19(21,22)16-7-4-8-17(13-16)24-18(14-5-2-1-3-6-14)15-9-11-23-12-10-15/h1-13,18,24H. The third-order valence-electron chi connectivity index (χ3n) is 3.67. The summed E-state index contributed by atoms with van der Waals surface area (Å²) in [7, 11) is 0. The average Bonchev–Trinajstić information content (AvgIpc) is 2.61. The van der Waals surface area contributed by atoms with Crippen LogP contribution < -0.4 is 5.32 Å². The molecule has 1 aromatic heterocycles. The Kier molecular flexibility index (Phi) is 4.51. The van der Waals surface area contributed by atoms with Crippen molar-refractivity contribution in [2.45, 2.75) is 12.2 Å². The van der Waals surface area contributed by atoms with Crippen LogP contribution in [0.5, 0.6) is 0 Å². The lowest BCUT2D eigenvalue weighted by Crippen LogP contribution is -2.13. The third-order valence-corrected chi connectivity index (χ3v) is 3.67. The Morgan fingerprint density at radius 3 is 2.12 bits per heavy atom. The lowest BCUT2D eigenvalue weighted by molar-refractivity contribution is -0.137. The number of hydrogen-bond donors (Lipinski definition) is 1. The zero-order valence-corrected chi connectivity index (χ0v) is 12.7. The van der Waals surface area contributed by atoms with Gasteiger partial charge in [-0.15, -0.1) is 0 Å². The molecule has 0 bridgehead atoms. The second-order valence-corrected chi connectivity index (χ2v) is 5.35. The second-order valence-electron chi connectivity index (χ2n) is 5.35. The van der Waals surface area contributed by atoms with E-state index in [1.165, 1.54) is 6.07 Å². The van der Waals surface area contributed by atoms with Gasteiger partial charge in [-0.3, -0.25) is 4.98 Å². The number of aromatic nitrogens is 1. The molecular formula is C19H15F3N2. The number of nitrogens with zero attached hydrogens (tertiary/aromatic N) is 1. The summed E-state index contributed by atoms with van der Waals surface area (Å²) in [6.07, 6.45) is -1.03. The van der Waals surface area contributed by atoms with Gasteiger partial charge in [0.2, 0.25) is 0 Å². The monoisotopic (exact) mass is 328 g/mol. The number of halogens is 3. The van der Waals surface area contributed by atoms with Crippen LogP contribution >= 0.6 is 0 Å². The van der Waals surface area contributed by atoms with Crippen molar-refractivity contribution in [3.63, 3.8) is 0 Å². The average molecular weight is 328 g/mol. The minimum Gasteiger partial charge on any atom is -0.374 e. The van der Waals surface area contributed by atoms with Gasteiger partial charge in [0.1, 0.15) is 0 Å². The maximum absolute atomic E-state index is 12.9. The summed E-state index contributed by atoms with van der Waals surface area (Å²) < 4.78 is 38.7. The van der Waals surface area contributed by atoms with Crippen LogP contribution in [0.2, 0.25) is 0 Å². The van der Waals surface area contributed by atoms with E-state index >= 15 is 0 Å². The van der Waals surface area contributed by atoms with E-state index in [0.717, 1.165) is 23.3 Å². The Morgan fingerprint density at radius 2 is 1.46 bits per heavy atom. The molecule has 1 heterocycles. The molecule has 0 fully saturated rings. The first-order valence-electron chi connectivity index (χ1n) is 7.43. The fraction of sp³-hybridized carbons (Fsp3) is 0.105. The van der Waals surface area contributed by atoms with Crippen molar-refractivity contribution in [1.29, 1.82) is 0 Å². The first-order valence-corrected chi connectivity index (χ1v) is 7.43. The largest absolute Gasteiger partial charge is 0.416 e. The van der Waals surface area contributed by atoms with Crippen molar-refractivity contribution in [3.05, 3.63) is 95.8 Å². The van der Waals surface area contributed by atoms with Crippen LogP contribution in [0.4, 0.5) is 18.9 Å². The fourth-order valence-corrected chi connectivity index (χ4v) is 2.51. The van der Waals surface area contributed by atoms with E-state index in [9.17, 15) is 13.2 Å². The van der Waals surface area contributed by atoms with E-state index in [0.29, 0.717) is 5.69 Å². The highest BCUT2D eigenvalue weighted by Crippen LogP contribution is 2.32. The molecule has 2 aromatic carbocycles. The zero-order valence-electron chi connectivity index (χ0n) is 12.7. The molecule has 24 heavy (non-hydrogen) atoms. The molecule has 0 aliphatic rings. The minimum atomic E-state index is -4.36. The van der Waals surface area contributed by atoms with E-state index in [1.807, 2.05) is 42.5 Å². The van der Waals surface area contributed by atoms with Gasteiger partial charge in [-0.05, 0) is 41.5 Å². The van der Waals surface area contributed by atoms with Crippen LogP contribution in [-0.2, 0) is 6.18 Å². The van der Waals surface area contributed by atoms with E-state index in [4.69, 9.17) is 0 Å². The van der Waals surface area contributed by atoms with Crippen LogP contribution in [0, 0.1) is 0 Å². The second kappa shape index (κ2) is 6.74. The fourth-order valence-electron chi connectivity index (χ4n) is 2.51. The Bertz CT molecular complexity index is 747. The summed E-state index contributed by atoms with van der Waals surface area (Å²) in [5.41, 5.74) is 1.62. The van der Waals surface area contributed by atoms with Crippen molar-refractivity contribution >= 4 is 5.69 Å². The normalized spacial score (nSPS) is 12.6. The number of pyridine rings is 1. The van der Waals surface area contributed by atoms with Crippen molar-refractivity contribution in [1.82, 2.24) is 4.98 Å². The van der Waals surface area contributed by atoms with Crippen molar-refractivity contribution < 1.29 is 13.2 Å². The molecule has 1 atom stereocenters. The topological polar surface area (TPSA) is 24.9 Å². The highest BCUT2D eigenvalue weighted by molar-refractivity contribution is 5.51. The Labute approximate surface area is 138 Å². The zero-order chi connectivity index (χ0) is 17.0. The molecule has 0 aliphatic carbocycles. The van der Waals surface area contributed by atoms with Crippen LogP contribution in [0.15, 0.2) is 79.1 Å². The summed E-state index contributed by atoms with van der Waals surface area (Å²) in [6, 6.07) is 18.2. The summed E-state index contributed by atoms with van der Waals surface area (Å²) in [5, 5.41) is 3.20. The first kappa shape index (κ1) is 16.1. The molecule has 122 valence electrons. The van der Waals surface area contributed by atoms with Crippen molar-refractivity contribution in [3.8, 4) is 0 Å². The molecule has 0 saturated heterocycles. The molecule has 0 radical (unpaired) electrons. The molecule has 0 spiro atoms. The Hall–Kier alpha value is -2.82. The van der Waals surface area contributed by atoms with Crippen LogP contribution in [0.1, 0.15) is 22.7 Å². The van der Waals surface area contributed by atoms with Gasteiger partial charge >= 0.3 is 6.18 Å². The van der Waals surface area contributed by atoms with Gasteiger partial charge in [-0.1, -0.05) is 36.4 Å². The van der Waals surface area contributed by atoms with Crippen LogP contribution in [-0.4, -0.2) is 4.98 Å². The number of hydrogen-bond acceptors (Lipinski definition) is 2. The first-order chi connectivity index (χ1) is 11.5. The van der Waals surface area contributed by atoms with Gasteiger partial charge in [-0.2, -0.15) is 13.2 Å². The van der Waals surface area contributed by atoms with E-state index in [-0.39, 0.29) is 6.04 Å². The number of nitrogens with one attached hydrogen (secondary N) is 1. The van der Waals surface area contributed by atoms with E-state index < -0.39 is 11.7 Å². The number of alkyl halides is 3. The number of benzene rings is 2. The molecule has 3 rings (SSSR count). The van der Waals surface area contributed by atoms with Gasteiger partial charge in [0.15, 0.2) is 0 Å². The van der Waals surface area contributed by atoms with Crippen molar-refractivity contribution in [2.75, 3.05) is 5.32 Å². The molecule has 3 aromatic rings. The number of anilines is 1. The molecule has 5 heteroatoms. The molecule has 0 aliphatic heterocycles. The molecule has 0 amide bonds. The summed E-state index contributed by atoms with van der Waals surface area (Å²) in [4.78, 5) is 4.00. The van der Waals surface area contributed by atoms with Gasteiger partial charge < -0.3 is 5.32 Å². The summed E-state index contributed by atoms with van der Waals surface area (Å²) in [5.74, 6) is 0. The highest BCUT2D eigenvalue weighted by atomic mass is 19.4. The Balaban J connectivity index is 1.96. The Morgan fingerprint density at radius 1 is 0.792 bits per heavy atom. The van der Waals surface area contributed by atoms with Gasteiger partial charge in [0.25, 0.3) is 0 Å². The molecule has 1 unspecified atom stereocenters. The highest BCUT2D eigenvalue weighted by Gasteiger charge is 2.30. The third kappa shape index (κ3) is 3.74. The SMILES string of the molecule is FC(F)(F)c1cccc(NC(c2ccccc2)c2ccncc2)c1. The van der Waals surface area contributed by atoms with E-state index in [1.54, 1.807) is 18.5 Å². The van der Waals surface area contributed by atoms with Gasteiger partial charge in [0, 0.05) is 18.1 Å². The van der Waals surface area contributed by atoms with Crippen LogP contribution in [0.25, 0.3) is 0 Å². The molecular weight excluding hydrogens is 313 g/mol. The number of rotatable bonds is 4. The minimum absolute atomic E-state index is 0.266. The molecule has 2 nitrogen and oxygen atoms in total. The van der Waals surface area contributed by atoms with Gasteiger partial charge in [-0.25, -0.2) is 0 Å².